The molecule has 0 rings (SSSR count). The highest BCUT2D eigenvalue weighted by Crippen LogP contribution is 2.19. The number of allylic oxidation sites excluding steroid dienone is 2. The number of unbranched alkanes of at least 4 members (excludes halogenated alkanes) is 55. The molecular formula is C73H140O6. The van der Waals surface area contributed by atoms with Crippen LogP contribution in [0.1, 0.15) is 419 Å². The van der Waals surface area contributed by atoms with Crippen LogP contribution in [0.25, 0.3) is 0 Å². The Morgan fingerprint density at radius 3 is 0.671 bits per heavy atom. The van der Waals surface area contributed by atoms with E-state index in [9.17, 15) is 14.4 Å². The van der Waals surface area contributed by atoms with Crippen molar-refractivity contribution in [1.82, 2.24) is 0 Å². The molecule has 468 valence electrons. The topological polar surface area (TPSA) is 78.9 Å². The lowest BCUT2D eigenvalue weighted by Crippen LogP contribution is -2.30. The predicted octanol–water partition coefficient (Wildman–Crippen LogP) is 24.8. The third kappa shape index (κ3) is 66.8. The third-order valence-corrected chi connectivity index (χ3v) is 16.8. The Labute approximate surface area is 494 Å². The summed E-state index contributed by atoms with van der Waals surface area (Å²) in [6.07, 6.45) is 82.6. The molecule has 0 aliphatic carbocycles. The van der Waals surface area contributed by atoms with Crippen LogP contribution in [0.2, 0.25) is 0 Å². The molecular weight excluding hydrogens is 973 g/mol. The summed E-state index contributed by atoms with van der Waals surface area (Å²) >= 11 is 0. The largest absolute Gasteiger partial charge is 0.462 e. The van der Waals surface area contributed by atoms with Crippen LogP contribution in [-0.4, -0.2) is 37.2 Å². The van der Waals surface area contributed by atoms with Crippen LogP contribution in [0.3, 0.4) is 0 Å². The maximum Gasteiger partial charge on any atom is 0.306 e. The molecule has 0 fully saturated rings. The molecule has 79 heavy (non-hydrogen) atoms. The normalized spacial score (nSPS) is 12.0. The lowest BCUT2D eigenvalue weighted by Gasteiger charge is -2.18. The van der Waals surface area contributed by atoms with Crippen molar-refractivity contribution in [3.8, 4) is 0 Å². The average Bonchev–Trinajstić information content (AvgIpc) is 3.45. The van der Waals surface area contributed by atoms with E-state index in [1.807, 2.05) is 0 Å². The van der Waals surface area contributed by atoms with Gasteiger partial charge < -0.3 is 14.2 Å². The Kier molecular flexibility index (Phi) is 67.0. The average molecular weight is 1110 g/mol. The van der Waals surface area contributed by atoms with Crippen LogP contribution in [0.15, 0.2) is 12.2 Å². The van der Waals surface area contributed by atoms with Crippen molar-refractivity contribution in [2.45, 2.75) is 425 Å². The van der Waals surface area contributed by atoms with Gasteiger partial charge in [-0.25, -0.2) is 0 Å². The highest BCUT2D eigenvalue weighted by atomic mass is 16.6. The monoisotopic (exact) mass is 1110 g/mol. The molecule has 0 aromatic carbocycles. The van der Waals surface area contributed by atoms with E-state index in [2.05, 4.69) is 32.9 Å². The van der Waals surface area contributed by atoms with Crippen molar-refractivity contribution >= 4 is 17.9 Å². The Bertz CT molecular complexity index is 1230. The van der Waals surface area contributed by atoms with Gasteiger partial charge in [0.15, 0.2) is 6.10 Å². The summed E-state index contributed by atoms with van der Waals surface area (Å²) in [7, 11) is 0. The lowest BCUT2D eigenvalue weighted by atomic mass is 10.0. The summed E-state index contributed by atoms with van der Waals surface area (Å²) in [5.41, 5.74) is 0. The van der Waals surface area contributed by atoms with Crippen molar-refractivity contribution in [3.63, 3.8) is 0 Å². The van der Waals surface area contributed by atoms with Crippen molar-refractivity contribution < 1.29 is 28.6 Å². The molecule has 0 aromatic rings. The van der Waals surface area contributed by atoms with Gasteiger partial charge in [0.2, 0.25) is 0 Å². The van der Waals surface area contributed by atoms with Crippen LogP contribution in [0, 0.1) is 0 Å². The molecule has 0 saturated carbocycles. The van der Waals surface area contributed by atoms with Gasteiger partial charge in [-0.3, -0.25) is 14.4 Å². The molecule has 6 heteroatoms. The van der Waals surface area contributed by atoms with E-state index in [1.54, 1.807) is 0 Å². The Morgan fingerprint density at radius 1 is 0.241 bits per heavy atom. The first kappa shape index (κ1) is 77.2. The van der Waals surface area contributed by atoms with Gasteiger partial charge in [0, 0.05) is 19.3 Å². The SMILES string of the molecule is CCCC/C=C\CCCCCCCC(=O)OCC(COC(=O)CCCCCCCCCCCCCCCCCCCCCCCCCCCC)OC(=O)CCCCCCCCCCCCCCCCCCCCCCCCCC. The summed E-state index contributed by atoms with van der Waals surface area (Å²) in [6, 6.07) is 0. The first-order chi connectivity index (χ1) is 39.0. The second-order valence-corrected chi connectivity index (χ2v) is 24.9. The molecule has 1 atom stereocenters. The molecule has 0 N–H and O–H groups in total. The fourth-order valence-corrected chi connectivity index (χ4v) is 11.3. The van der Waals surface area contributed by atoms with Crippen LogP contribution in [-0.2, 0) is 28.6 Å². The number of esters is 3. The third-order valence-electron chi connectivity index (χ3n) is 16.8. The molecule has 0 aromatic heterocycles. The number of hydrogen-bond donors (Lipinski definition) is 0. The van der Waals surface area contributed by atoms with E-state index in [-0.39, 0.29) is 31.1 Å². The highest BCUT2D eigenvalue weighted by molar-refractivity contribution is 5.71. The first-order valence-electron chi connectivity index (χ1n) is 36.2. The summed E-state index contributed by atoms with van der Waals surface area (Å²) in [6.45, 7) is 6.69. The van der Waals surface area contributed by atoms with Gasteiger partial charge >= 0.3 is 17.9 Å². The molecule has 0 aliphatic heterocycles. The minimum Gasteiger partial charge on any atom is -0.462 e. The Balaban J connectivity index is 4.13. The molecule has 1 unspecified atom stereocenters. The zero-order chi connectivity index (χ0) is 57.1. The van der Waals surface area contributed by atoms with E-state index in [0.717, 1.165) is 64.2 Å². The maximum atomic E-state index is 12.9. The summed E-state index contributed by atoms with van der Waals surface area (Å²) < 4.78 is 17.0. The first-order valence-corrected chi connectivity index (χ1v) is 36.2. The molecule has 6 nitrogen and oxygen atoms in total. The fourth-order valence-electron chi connectivity index (χ4n) is 11.3. The summed E-state index contributed by atoms with van der Waals surface area (Å²) in [4.78, 5) is 38.4. The molecule has 0 aliphatic rings. The van der Waals surface area contributed by atoms with Crippen LogP contribution in [0.4, 0.5) is 0 Å². The zero-order valence-corrected chi connectivity index (χ0v) is 53.9. The number of carbonyl (C=O) groups excluding carboxylic acids is 3. The second-order valence-electron chi connectivity index (χ2n) is 24.9. The summed E-state index contributed by atoms with van der Waals surface area (Å²) in [5, 5.41) is 0. The predicted molar refractivity (Wildman–Crippen MR) is 344 cm³/mol. The van der Waals surface area contributed by atoms with E-state index in [0.29, 0.717) is 19.3 Å². The molecule has 0 heterocycles. The Morgan fingerprint density at radius 2 is 0.430 bits per heavy atom. The van der Waals surface area contributed by atoms with Gasteiger partial charge in [-0.05, 0) is 38.5 Å². The van der Waals surface area contributed by atoms with Gasteiger partial charge in [0.1, 0.15) is 13.2 Å². The van der Waals surface area contributed by atoms with Gasteiger partial charge in [0.05, 0.1) is 0 Å². The standard InChI is InChI=1S/C73H140O6/c1-4-7-10-13-16-19-22-24-26-28-30-32-34-36-37-39-40-42-44-46-48-51-54-57-60-63-66-72(75)78-69-70(68-77-71(74)65-62-59-56-53-50-21-18-15-12-9-6-3)79-73(76)67-64-61-58-55-52-49-47-45-43-41-38-35-33-31-29-27-25-23-20-17-14-11-8-5-2/h15,18,70H,4-14,16-17,19-69H2,1-3H3/b18-15-. The van der Waals surface area contributed by atoms with Crippen molar-refractivity contribution in [2.75, 3.05) is 13.2 Å². The molecule has 0 amide bonds. The minimum absolute atomic E-state index is 0.0658. The quantitative estimate of drug-likeness (QED) is 0.0261. The Hall–Kier alpha value is -1.85. The van der Waals surface area contributed by atoms with Gasteiger partial charge in [-0.2, -0.15) is 0 Å². The zero-order valence-electron chi connectivity index (χ0n) is 53.9. The molecule has 0 spiro atoms. The fraction of sp³-hybridized carbons (Fsp3) is 0.932. The number of carbonyl (C=O) groups is 3. The molecule has 0 radical (unpaired) electrons. The van der Waals surface area contributed by atoms with Crippen molar-refractivity contribution in [3.05, 3.63) is 12.2 Å². The van der Waals surface area contributed by atoms with Crippen molar-refractivity contribution in [1.29, 1.82) is 0 Å². The smallest absolute Gasteiger partial charge is 0.306 e. The molecule has 0 saturated heterocycles. The summed E-state index contributed by atoms with van der Waals surface area (Å²) in [5.74, 6) is -0.841. The van der Waals surface area contributed by atoms with Crippen molar-refractivity contribution in [2.24, 2.45) is 0 Å². The van der Waals surface area contributed by atoms with E-state index in [4.69, 9.17) is 14.2 Å². The van der Waals surface area contributed by atoms with Gasteiger partial charge in [-0.15, -0.1) is 0 Å². The van der Waals surface area contributed by atoms with E-state index >= 15 is 0 Å². The molecule has 0 bridgehead atoms. The van der Waals surface area contributed by atoms with Crippen LogP contribution in [0.5, 0.6) is 0 Å². The number of hydrogen-bond acceptors (Lipinski definition) is 6. The van der Waals surface area contributed by atoms with Gasteiger partial charge in [-0.1, -0.05) is 373 Å². The minimum atomic E-state index is -0.769. The van der Waals surface area contributed by atoms with E-state index in [1.165, 1.54) is 315 Å². The highest BCUT2D eigenvalue weighted by Gasteiger charge is 2.19. The lowest BCUT2D eigenvalue weighted by molar-refractivity contribution is -0.167. The van der Waals surface area contributed by atoms with Crippen LogP contribution < -0.4 is 0 Å². The van der Waals surface area contributed by atoms with Crippen LogP contribution >= 0.6 is 0 Å². The second kappa shape index (κ2) is 68.6. The van der Waals surface area contributed by atoms with Gasteiger partial charge in [0.25, 0.3) is 0 Å². The number of ether oxygens (including phenoxy) is 3. The maximum absolute atomic E-state index is 12.9. The number of rotatable bonds is 68. The van der Waals surface area contributed by atoms with E-state index < -0.39 is 6.10 Å².